The van der Waals surface area contributed by atoms with Gasteiger partial charge in [-0.05, 0) is 43.5 Å². The molecule has 1 aliphatic rings. The molecule has 1 saturated heterocycles. The zero-order valence-corrected chi connectivity index (χ0v) is 17.6. The maximum absolute atomic E-state index is 12.8. The quantitative estimate of drug-likeness (QED) is 0.440. The van der Waals surface area contributed by atoms with Gasteiger partial charge in [0.1, 0.15) is 18.4 Å². The number of ether oxygens (including phenoxy) is 2. The number of likely N-dealkylation sites (tertiary alicyclic amines) is 1. The number of nitrogens with zero attached hydrogens (tertiary/aromatic N) is 1. The molecule has 1 N–H and O–H groups in total. The summed E-state index contributed by atoms with van der Waals surface area (Å²) in [6, 6.07) is 4.27. The standard InChI is InChI=1S/C22H29ClN2O4/c1-4-6-11-25-12-7-8-19(25)21(26)24-18(22(27)28-3)15-16-9-10-20(17(23)14-16)29-13-5-2/h4-5,9-10,14,18-19H,1-2,6-8,11-13,15H2,3H3,(H,24,26)/t18-,19-/m0/s1. The van der Waals surface area contributed by atoms with E-state index >= 15 is 0 Å². The van der Waals surface area contributed by atoms with E-state index in [1.165, 1.54) is 7.11 Å². The summed E-state index contributed by atoms with van der Waals surface area (Å²) in [6.07, 6.45) is 6.31. The van der Waals surface area contributed by atoms with Gasteiger partial charge < -0.3 is 14.8 Å². The van der Waals surface area contributed by atoms with Crippen LogP contribution in [0.4, 0.5) is 0 Å². The Morgan fingerprint density at radius 2 is 2.17 bits per heavy atom. The molecule has 158 valence electrons. The summed E-state index contributed by atoms with van der Waals surface area (Å²) in [4.78, 5) is 27.3. The van der Waals surface area contributed by atoms with Crippen LogP contribution in [-0.2, 0) is 20.7 Å². The first-order valence-corrected chi connectivity index (χ1v) is 10.1. The van der Waals surface area contributed by atoms with Crippen molar-refractivity contribution in [3.05, 3.63) is 54.1 Å². The van der Waals surface area contributed by atoms with E-state index in [1.54, 1.807) is 18.2 Å². The molecule has 2 rings (SSSR count). The SMILES string of the molecule is C=CCCN1CCC[C@H]1C(=O)N[C@@H](Cc1ccc(OCC=C)c(Cl)c1)C(=O)OC. The molecule has 0 saturated carbocycles. The third-order valence-electron chi connectivity index (χ3n) is 4.88. The number of hydrogen-bond donors (Lipinski definition) is 1. The number of carbonyl (C=O) groups excluding carboxylic acids is 2. The number of methoxy groups -OCH3 is 1. The molecular formula is C22H29ClN2O4. The molecule has 6 nitrogen and oxygen atoms in total. The molecule has 0 spiro atoms. The number of hydrogen-bond acceptors (Lipinski definition) is 5. The first-order chi connectivity index (χ1) is 14.0. The highest BCUT2D eigenvalue weighted by Crippen LogP contribution is 2.26. The zero-order chi connectivity index (χ0) is 21.2. The Kier molecular flexibility index (Phi) is 9.22. The lowest BCUT2D eigenvalue weighted by Crippen LogP contribution is -2.50. The second-order valence-electron chi connectivity index (χ2n) is 6.92. The predicted molar refractivity (Wildman–Crippen MR) is 114 cm³/mol. The number of halogens is 1. The summed E-state index contributed by atoms with van der Waals surface area (Å²) in [5.41, 5.74) is 0.798. The molecule has 0 radical (unpaired) electrons. The molecule has 1 aromatic carbocycles. The zero-order valence-electron chi connectivity index (χ0n) is 16.9. The molecule has 1 amide bonds. The highest BCUT2D eigenvalue weighted by Gasteiger charge is 2.33. The monoisotopic (exact) mass is 420 g/mol. The molecular weight excluding hydrogens is 392 g/mol. The van der Waals surface area contributed by atoms with Crippen LogP contribution >= 0.6 is 11.6 Å². The Balaban J connectivity index is 2.06. The minimum absolute atomic E-state index is 0.154. The maximum atomic E-state index is 12.8. The highest BCUT2D eigenvalue weighted by atomic mass is 35.5. The van der Waals surface area contributed by atoms with Gasteiger partial charge >= 0.3 is 5.97 Å². The minimum atomic E-state index is -0.787. The van der Waals surface area contributed by atoms with Gasteiger partial charge in [0.25, 0.3) is 0 Å². The fourth-order valence-corrected chi connectivity index (χ4v) is 3.68. The van der Waals surface area contributed by atoms with E-state index in [1.807, 2.05) is 12.1 Å². The van der Waals surface area contributed by atoms with Crippen molar-refractivity contribution in [1.29, 1.82) is 0 Å². The Morgan fingerprint density at radius 1 is 1.38 bits per heavy atom. The molecule has 29 heavy (non-hydrogen) atoms. The lowest BCUT2D eigenvalue weighted by Gasteiger charge is -2.25. The normalized spacial score (nSPS) is 17.4. The molecule has 0 bridgehead atoms. The second-order valence-corrected chi connectivity index (χ2v) is 7.33. The fraction of sp³-hybridized carbons (Fsp3) is 0.455. The third kappa shape index (κ3) is 6.61. The van der Waals surface area contributed by atoms with E-state index in [2.05, 4.69) is 23.4 Å². The van der Waals surface area contributed by atoms with Crippen molar-refractivity contribution in [3.8, 4) is 5.75 Å². The van der Waals surface area contributed by atoms with Gasteiger partial charge in [-0.15, -0.1) is 6.58 Å². The van der Waals surface area contributed by atoms with Crippen LogP contribution in [0.25, 0.3) is 0 Å². The number of rotatable bonds is 11. The molecule has 1 aromatic rings. The van der Waals surface area contributed by atoms with Crippen LogP contribution in [0.3, 0.4) is 0 Å². The number of carbonyl (C=O) groups is 2. The van der Waals surface area contributed by atoms with Gasteiger partial charge in [0.05, 0.1) is 18.2 Å². The largest absolute Gasteiger partial charge is 0.488 e. The average molecular weight is 421 g/mol. The van der Waals surface area contributed by atoms with Crippen LogP contribution in [-0.4, -0.2) is 55.7 Å². The average Bonchev–Trinajstić information content (AvgIpc) is 3.19. The molecule has 1 fully saturated rings. The van der Waals surface area contributed by atoms with Gasteiger partial charge in [-0.3, -0.25) is 9.69 Å². The Labute approximate surface area is 177 Å². The van der Waals surface area contributed by atoms with E-state index in [0.29, 0.717) is 17.4 Å². The number of benzene rings is 1. The third-order valence-corrected chi connectivity index (χ3v) is 5.18. The summed E-state index contributed by atoms with van der Waals surface area (Å²) in [6.45, 7) is 9.35. The van der Waals surface area contributed by atoms with Gasteiger partial charge in [0.2, 0.25) is 5.91 Å². The second kappa shape index (κ2) is 11.6. The molecule has 1 heterocycles. The summed E-state index contributed by atoms with van der Waals surface area (Å²) >= 11 is 6.26. The molecule has 0 aliphatic carbocycles. The summed E-state index contributed by atoms with van der Waals surface area (Å²) in [5.74, 6) is -0.103. The smallest absolute Gasteiger partial charge is 0.328 e. The van der Waals surface area contributed by atoms with Crippen molar-refractivity contribution >= 4 is 23.5 Å². The fourth-order valence-electron chi connectivity index (χ4n) is 3.42. The van der Waals surface area contributed by atoms with Crippen LogP contribution in [0.15, 0.2) is 43.5 Å². The predicted octanol–water partition coefficient (Wildman–Crippen LogP) is 3.15. The minimum Gasteiger partial charge on any atom is -0.488 e. The van der Waals surface area contributed by atoms with Crippen molar-refractivity contribution in [2.45, 2.75) is 37.8 Å². The summed E-state index contributed by atoms with van der Waals surface area (Å²) in [5, 5.41) is 3.30. The van der Waals surface area contributed by atoms with Crippen LogP contribution in [0.2, 0.25) is 5.02 Å². The van der Waals surface area contributed by atoms with Crippen LogP contribution in [0.5, 0.6) is 5.75 Å². The number of esters is 1. The number of nitrogens with one attached hydrogen (secondary N) is 1. The van der Waals surface area contributed by atoms with Crippen molar-refractivity contribution in [2.75, 3.05) is 26.8 Å². The molecule has 2 atom stereocenters. The number of amides is 1. The van der Waals surface area contributed by atoms with Crippen molar-refractivity contribution < 1.29 is 19.1 Å². The lowest BCUT2D eigenvalue weighted by molar-refractivity contribution is -0.145. The first kappa shape index (κ1) is 23.0. The maximum Gasteiger partial charge on any atom is 0.328 e. The van der Waals surface area contributed by atoms with E-state index < -0.39 is 12.0 Å². The Morgan fingerprint density at radius 3 is 2.83 bits per heavy atom. The van der Waals surface area contributed by atoms with Gasteiger partial charge in [-0.25, -0.2) is 4.79 Å². The van der Waals surface area contributed by atoms with Gasteiger partial charge in [-0.2, -0.15) is 0 Å². The van der Waals surface area contributed by atoms with E-state index in [4.69, 9.17) is 21.1 Å². The van der Waals surface area contributed by atoms with Crippen molar-refractivity contribution in [1.82, 2.24) is 10.2 Å². The Bertz CT molecular complexity index is 738. The highest BCUT2D eigenvalue weighted by molar-refractivity contribution is 6.32. The van der Waals surface area contributed by atoms with Crippen molar-refractivity contribution in [2.24, 2.45) is 0 Å². The van der Waals surface area contributed by atoms with E-state index in [0.717, 1.165) is 37.9 Å². The topological polar surface area (TPSA) is 67.9 Å². The van der Waals surface area contributed by atoms with Crippen molar-refractivity contribution in [3.63, 3.8) is 0 Å². The summed E-state index contributed by atoms with van der Waals surface area (Å²) < 4.78 is 10.4. The molecule has 1 aliphatic heterocycles. The Hall–Kier alpha value is -2.31. The molecule has 7 heteroatoms. The van der Waals surface area contributed by atoms with Crippen LogP contribution in [0, 0.1) is 0 Å². The molecule has 0 unspecified atom stereocenters. The van der Waals surface area contributed by atoms with Gasteiger partial charge in [0, 0.05) is 13.0 Å². The van der Waals surface area contributed by atoms with Crippen LogP contribution in [0.1, 0.15) is 24.8 Å². The first-order valence-electron chi connectivity index (χ1n) is 9.75. The van der Waals surface area contributed by atoms with E-state index in [9.17, 15) is 9.59 Å². The van der Waals surface area contributed by atoms with Gasteiger partial charge in [0.15, 0.2) is 0 Å². The van der Waals surface area contributed by atoms with Gasteiger partial charge in [-0.1, -0.05) is 36.4 Å². The van der Waals surface area contributed by atoms with Crippen LogP contribution < -0.4 is 10.1 Å². The van der Waals surface area contributed by atoms with E-state index in [-0.39, 0.29) is 18.4 Å². The molecule has 0 aromatic heterocycles. The lowest BCUT2D eigenvalue weighted by atomic mass is 10.0. The summed E-state index contributed by atoms with van der Waals surface area (Å²) in [7, 11) is 1.31.